The molecule has 0 saturated carbocycles. The van der Waals surface area contributed by atoms with Gasteiger partial charge in [0.1, 0.15) is 12.9 Å². The number of rotatable bonds is 5. The Morgan fingerprint density at radius 2 is 2.04 bits per heavy atom. The summed E-state index contributed by atoms with van der Waals surface area (Å²) in [7, 11) is 1.84. The first kappa shape index (κ1) is 16.4. The van der Waals surface area contributed by atoms with Gasteiger partial charge in [0.05, 0.1) is 0 Å². The van der Waals surface area contributed by atoms with Crippen molar-refractivity contribution < 1.29 is 0 Å². The van der Waals surface area contributed by atoms with Crippen LogP contribution in [0.5, 0.6) is 0 Å². The lowest BCUT2D eigenvalue weighted by molar-refractivity contribution is 0.199. The van der Waals surface area contributed by atoms with Crippen LogP contribution in [0.1, 0.15) is 24.2 Å². The second kappa shape index (κ2) is 7.92. The van der Waals surface area contributed by atoms with Gasteiger partial charge in [0.15, 0.2) is 11.8 Å². The number of likely N-dealkylation sites (tertiary alicyclic amines) is 1. The van der Waals surface area contributed by atoms with Crippen molar-refractivity contribution in [1.82, 2.24) is 25.0 Å². The van der Waals surface area contributed by atoms with E-state index in [0.29, 0.717) is 24.4 Å². The summed E-state index contributed by atoms with van der Waals surface area (Å²) in [4.78, 5) is 10.9. The fraction of sp³-hybridized carbons (Fsp3) is 0.471. The molecule has 1 aliphatic heterocycles. The summed E-state index contributed by atoms with van der Waals surface area (Å²) in [5.41, 5.74) is 7.35. The van der Waals surface area contributed by atoms with Crippen LogP contribution in [-0.4, -0.2) is 44.8 Å². The van der Waals surface area contributed by atoms with Gasteiger partial charge in [-0.05, 0) is 18.4 Å². The maximum atomic E-state index is 5.98. The molecule has 0 spiro atoms. The van der Waals surface area contributed by atoms with E-state index in [1.165, 1.54) is 5.56 Å². The van der Waals surface area contributed by atoms with Gasteiger partial charge in [-0.25, -0.2) is 9.98 Å². The molecular formula is C17H25N7. The minimum Gasteiger partial charge on any atom is -0.370 e. The summed E-state index contributed by atoms with van der Waals surface area (Å²) >= 11 is 0. The van der Waals surface area contributed by atoms with Gasteiger partial charge in [0.2, 0.25) is 0 Å². The minimum absolute atomic E-state index is 0.387. The van der Waals surface area contributed by atoms with E-state index in [1.807, 2.05) is 7.05 Å². The number of piperidine rings is 1. The van der Waals surface area contributed by atoms with Gasteiger partial charge in [-0.15, -0.1) is 0 Å². The molecule has 2 aromatic rings. The molecule has 0 atom stereocenters. The molecule has 0 amide bonds. The molecule has 1 aliphatic rings. The third-order valence-corrected chi connectivity index (χ3v) is 4.23. The molecular weight excluding hydrogens is 302 g/mol. The minimum atomic E-state index is 0.387. The van der Waals surface area contributed by atoms with E-state index in [0.717, 1.165) is 32.5 Å². The molecule has 1 aromatic heterocycles. The van der Waals surface area contributed by atoms with Crippen molar-refractivity contribution in [3.05, 3.63) is 48.0 Å². The monoisotopic (exact) mass is 327 g/mol. The molecule has 1 fully saturated rings. The van der Waals surface area contributed by atoms with Gasteiger partial charge in [0.25, 0.3) is 0 Å². The first-order valence-electron chi connectivity index (χ1n) is 8.36. The van der Waals surface area contributed by atoms with E-state index in [-0.39, 0.29) is 0 Å². The van der Waals surface area contributed by atoms with Gasteiger partial charge in [-0.2, -0.15) is 5.10 Å². The molecule has 0 unspecified atom stereocenters. The highest BCUT2D eigenvalue weighted by atomic mass is 15.3. The van der Waals surface area contributed by atoms with Crippen molar-refractivity contribution in [1.29, 1.82) is 0 Å². The zero-order chi connectivity index (χ0) is 16.8. The number of nitrogens with one attached hydrogen (secondary N) is 1. The fourth-order valence-corrected chi connectivity index (χ4v) is 2.94. The maximum absolute atomic E-state index is 5.98. The fourth-order valence-electron chi connectivity index (χ4n) is 2.94. The van der Waals surface area contributed by atoms with E-state index in [4.69, 9.17) is 5.73 Å². The third-order valence-electron chi connectivity index (χ3n) is 4.23. The smallest absolute Gasteiger partial charge is 0.189 e. The van der Waals surface area contributed by atoms with Crippen molar-refractivity contribution >= 4 is 5.96 Å². The van der Waals surface area contributed by atoms with Crippen molar-refractivity contribution in [2.24, 2.45) is 17.8 Å². The third kappa shape index (κ3) is 4.79. The van der Waals surface area contributed by atoms with Crippen LogP contribution < -0.4 is 11.1 Å². The number of aromatic nitrogens is 3. The molecule has 3 N–H and O–H groups in total. The normalized spacial score (nSPS) is 17.1. The molecule has 0 bridgehead atoms. The summed E-state index contributed by atoms with van der Waals surface area (Å²) in [6, 6.07) is 11.0. The average Bonchev–Trinajstić information content (AvgIpc) is 3.01. The second-order valence-corrected chi connectivity index (χ2v) is 6.22. The van der Waals surface area contributed by atoms with Gasteiger partial charge >= 0.3 is 0 Å². The number of hydrogen-bond donors (Lipinski definition) is 2. The molecule has 7 nitrogen and oxygen atoms in total. The Balaban J connectivity index is 1.41. The first-order chi connectivity index (χ1) is 11.7. The number of aryl methyl sites for hydroxylation is 1. The Morgan fingerprint density at radius 1 is 1.29 bits per heavy atom. The number of nitrogens with two attached hydrogens (primary N) is 1. The predicted octanol–water partition coefficient (Wildman–Crippen LogP) is 0.884. The zero-order valence-electron chi connectivity index (χ0n) is 14.1. The summed E-state index contributed by atoms with van der Waals surface area (Å²) < 4.78 is 1.66. The number of hydrogen-bond acceptors (Lipinski definition) is 4. The van der Waals surface area contributed by atoms with Gasteiger partial charge in [-0.1, -0.05) is 30.3 Å². The molecule has 2 heterocycles. The lowest BCUT2D eigenvalue weighted by atomic mass is 10.0. The van der Waals surface area contributed by atoms with Crippen molar-refractivity contribution in [2.75, 3.05) is 13.1 Å². The van der Waals surface area contributed by atoms with E-state index >= 15 is 0 Å². The van der Waals surface area contributed by atoms with Crippen molar-refractivity contribution in [3.8, 4) is 0 Å². The summed E-state index contributed by atoms with van der Waals surface area (Å²) in [6.07, 6.45) is 3.81. The Kier molecular flexibility index (Phi) is 5.43. The summed E-state index contributed by atoms with van der Waals surface area (Å²) in [6.45, 7) is 3.57. The van der Waals surface area contributed by atoms with Crippen LogP contribution in [0, 0.1) is 0 Å². The predicted molar refractivity (Wildman–Crippen MR) is 94.2 cm³/mol. The van der Waals surface area contributed by atoms with Crippen molar-refractivity contribution in [2.45, 2.75) is 32.0 Å². The second-order valence-electron chi connectivity index (χ2n) is 6.22. The Labute approximate surface area is 142 Å². The van der Waals surface area contributed by atoms with Gasteiger partial charge < -0.3 is 11.1 Å². The summed E-state index contributed by atoms with van der Waals surface area (Å²) in [5, 5.41) is 7.51. The Bertz CT molecular complexity index is 657. The molecule has 7 heteroatoms. The van der Waals surface area contributed by atoms with Crippen LogP contribution in [0.4, 0.5) is 0 Å². The number of nitrogens with zero attached hydrogens (tertiary/aromatic N) is 5. The van der Waals surface area contributed by atoms with Crippen molar-refractivity contribution in [3.63, 3.8) is 0 Å². The molecule has 0 radical (unpaired) electrons. The highest BCUT2D eigenvalue weighted by molar-refractivity contribution is 5.78. The SMILES string of the molecule is Cn1cnc(CN=C(N)NC2CCN(Cc3ccccc3)CC2)n1. The molecule has 24 heavy (non-hydrogen) atoms. The largest absolute Gasteiger partial charge is 0.370 e. The van der Waals surface area contributed by atoms with E-state index in [2.05, 4.69) is 55.6 Å². The summed E-state index contributed by atoms with van der Waals surface area (Å²) in [5.74, 6) is 1.16. The maximum Gasteiger partial charge on any atom is 0.189 e. The lowest BCUT2D eigenvalue weighted by Gasteiger charge is -2.32. The number of benzene rings is 1. The lowest BCUT2D eigenvalue weighted by Crippen LogP contribution is -2.46. The van der Waals surface area contributed by atoms with E-state index in [1.54, 1.807) is 11.0 Å². The topological polar surface area (TPSA) is 84.4 Å². The van der Waals surface area contributed by atoms with Gasteiger partial charge in [0, 0.05) is 32.7 Å². The van der Waals surface area contributed by atoms with E-state index < -0.39 is 0 Å². The Morgan fingerprint density at radius 3 is 2.71 bits per heavy atom. The van der Waals surface area contributed by atoms with E-state index in [9.17, 15) is 0 Å². The Hall–Kier alpha value is -2.41. The van der Waals surface area contributed by atoms with Crippen LogP contribution in [0.15, 0.2) is 41.7 Å². The highest BCUT2D eigenvalue weighted by Crippen LogP contribution is 2.13. The zero-order valence-corrected chi connectivity index (χ0v) is 14.1. The van der Waals surface area contributed by atoms with Crippen LogP contribution >= 0.6 is 0 Å². The standard InChI is InChI=1S/C17H25N7/c1-23-13-20-16(22-23)11-19-17(18)21-15-7-9-24(10-8-15)12-14-5-3-2-4-6-14/h2-6,13,15H,7-12H2,1H3,(H3,18,19,21). The van der Waals surface area contributed by atoms with Crippen LogP contribution in [0.2, 0.25) is 0 Å². The van der Waals surface area contributed by atoms with Gasteiger partial charge in [-0.3, -0.25) is 9.58 Å². The van der Waals surface area contributed by atoms with Crippen LogP contribution in [0.3, 0.4) is 0 Å². The van der Waals surface area contributed by atoms with Crippen LogP contribution in [-0.2, 0) is 20.1 Å². The molecule has 128 valence electrons. The number of aliphatic imine (C=N–C) groups is 1. The molecule has 1 aromatic carbocycles. The molecule has 0 aliphatic carbocycles. The molecule has 3 rings (SSSR count). The number of guanidine groups is 1. The quantitative estimate of drug-likeness (QED) is 0.629. The average molecular weight is 327 g/mol. The van der Waals surface area contributed by atoms with Crippen LogP contribution in [0.25, 0.3) is 0 Å². The highest BCUT2D eigenvalue weighted by Gasteiger charge is 2.19. The molecule has 1 saturated heterocycles. The first-order valence-corrected chi connectivity index (χ1v) is 8.36.